The monoisotopic (exact) mass is 233 g/mol. The summed E-state index contributed by atoms with van der Waals surface area (Å²) in [5.41, 5.74) is -0.333. The quantitative estimate of drug-likeness (QED) is 0.684. The third-order valence-corrected chi connectivity index (χ3v) is 2.02. The van der Waals surface area contributed by atoms with Crippen LogP contribution in [-0.4, -0.2) is 6.54 Å². The van der Waals surface area contributed by atoms with Crippen LogP contribution in [0.3, 0.4) is 0 Å². The van der Waals surface area contributed by atoms with Crippen LogP contribution in [-0.2, 0) is 12.6 Å². The summed E-state index contributed by atoms with van der Waals surface area (Å²) in [6.45, 7) is 6.72. The zero-order chi connectivity index (χ0) is 11.5. The third kappa shape index (κ3) is 3.45. The van der Waals surface area contributed by atoms with E-state index in [9.17, 15) is 13.2 Å². The van der Waals surface area contributed by atoms with Crippen molar-refractivity contribution in [1.82, 2.24) is 0 Å². The van der Waals surface area contributed by atoms with Crippen molar-refractivity contribution >= 4 is 11.6 Å². The fourth-order valence-electron chi connectivity index (χ4n) is 1.14. The van der Waals surface area contributed by atoms with Crippen molar-refractivity contribution in [2.75, 3.05) is 6.54 Å². The molecule has 0 unspecified atom stereocenters. The highest BCUT2D eigenvalue weighted by Gasteiger charge is 2.31. The number of hydrogen-bond donors (Lipinski definition) is 0. The van der Waals surface area contributed by atoms with Crippen molar-refractivity contribution in [3.05, 3.63) is 45.8 Å². The normalized spacial score (nSPS) is 11.1. The summed E-state index contributed by atoms with van der Waals surface area (Å²) in [5, 5.41) is 0.0461. The van der Waals surface area contributed by atoms with Crippen LogP contribution in [0.25, 0.3) is 4.85 Å². The standard InChI is InChI=1S/C10H7ClF3N/c1-15-3-2-7-4-8(10(12,13)14)6-9(11)5-7/h4-6H,2-3H2. The van der Waals surface area contributed by atoms with Gasteiger partial charge in [0.05, 0.1) is 5.56 Å². The molecule has 80 valence electrons. The molecule has 0 heterocycles. The van der Waals surface area contributed by atoms with Crippen LogP contribution in [0, 0.1) is 6.57 Å². The first-order chi connectivity index (χ1) is 6.93. The molecule has 1 rings (SSSR count). The van der Waals surface area contributed by atoms with Gasteiger partial charge in [0, 0.05) is 11.4 Å². The number of hydrogen-bond acceptors (Lipinski definition) is 0. The average molecular weight is 234 g/mol. The molecule has 0 aliphatic rings. The molecule has 15 heavy (non-hydrogen) atoms. The van der Waals surface area contributed by atoms with Crippen LogP contribution in [0.1, 0.15) is 11.1 Å². The van der Waals surface area contributed by atoms with Gasteiger partial charge in [-0.2, -0.15) is 13.2 Å². The van der Waals surface area contributed by atoms with Gasteiger partial charge in [0.25, 0.3) is 0 Å². The van der Waals surface area contributed by atoms with Gasteiger partial charge in [0.2, 0.25) is 6.54 Å². The van der Waals surface area contributed by atoms with E-state index in [1.165, 1.54) is 6.07 Å². The zero-order valence-electron chi connectivity index (χ0n) is 7.61. The molecule has 1 nitrogen and oxygen atoms in total. The maximum Gasteiger partial charge on any atom is 0.416 e. The lowest BCUT2D eigenvalue weighted by Crippen LogP contribution is -2.05. The number of rotatable bonds is 2. The number of nitrogens with zero attached hydrogens (tertiary/aromatic N) is 1. The van der Waals surface area contributed by atoms with Gasteiger partial charge in [-0.3, -0.25) is 0 Å². The van der Waals surface area contributed by atoms with Crippen LogP contribution in [0.5, 0.6) is 0 Å². The molecule has 0 saturated heterocycles. The van der Waals surface area contributed by atoms with E-state index in [1.54, 1.807) is 0 Å². The van der Waals surface area contributed by atoms with Gasteiger partial charge in [-0.25, -0.2) is 6.57 Å². The molecule has 0 N–H and O–H groups in total. The molecule has 5 heteroatoms. The van der Waals surface area contributed by atoms with Gasteiger partial charge in [0.15, 0.2) is 0 Å². The van der Waals surface area contributed by atoms with Gasteiger partial charge in [0.1, 0.15) is 0 Å². The molecule has 0 atom stereocenters. The van der Waals surface area contributed by atoms with E-state index >= 15 is 0 Å². The van der Waals surface area contributed by atoms with Gasteiger partial charge >= 0.3 is 6.18 Å². The fourth-order valence-corrected chi connectivity index (χ4v) is 1.40. The summed E-state index contributed by atoms with van der Waals surface area (Å²) in [5.74, 6) is 0. The second-order valence-corrected chi connectivity index (χ2v) is 3.41. The lowest BCUT2D eigenvalue weighted by Gasteiger charge is -2.08. The van der Waals surface area contributed by atoms with E-state index < -0.39 is 11.7 Å². The van der Waals surface area contributed by atoms with E-state index in [2.05, 4.69) is 4.85 Å². The Morgan fingerprint density at radius 2 is 1.93 bits per heavy atom. The van der Waals surface area contributed by atoms with Crippen molar-refractivity contribution in [3.63, 3.8) is 0 Å². The summed E-state index contributed by atoms with van der Waals surface area (Å²) in [7, 11) is 0. The Morgan fingerprint density at radius 1 is 1.27 bits per heavy atom. The SMILES string of the molecule is [C-]#[N+]CCc1cc(Cl)cc(C(F)(F)F)c1. The Hall–Kier alpha value is -1.21. The lowest BCUT2D eigenvalue weighted by atomic mass is 10.1. The molecule has 1 aromatic carbocycles. The predicted octanol–water partition coefficient (Wildman–Crippen LogP) is 3.82. The highest BCUT2D eigenvalue weighted by atomic mass is 35.5. The Kier molecular flexibility index (Phi) is 3.59. The maximum atomic E-state index is 12.4. The molecule has 0 saturated carbocycles. The van der Waals surface area contributed by atoms with Crippen LogP contribution < -0.4 is 0 Å². The number of halogens is 4. The van der Waals surface area contributed by atoms with Crippen LogP contribution in [0.4, 0.5) is 13.2 Å². The molecular weight excluding hydrogens is 227 g/mol. The largest absolute Gasteiger partial charge is 0.416 e. The smallest absolute Gasteiger partial charge is 0.317 e. The van der Waals surface area contributed by atoms with Crippen molar-refractivity contribution in [2.45, 2.75) is 12.6 Å². The lowest BCUT2D eigenvalue weighted by molar-refractivity contribution is -0.137. The number of alkyl halides is 3. The molecule has 0 aliphatic heterocycles. The highest BCUT2D eigenvalue weighted by Crippen LogP contribution is 2.31. The summed E-state index contributed by atoms with van der Waals surface area (Å²) >= 11 is 5.56. The third-order valence-electron chi connectivity index (χ3n) is 1.80. The van der Waals surface area contributed by atoms with Crippen molar-refractivity contribution in [2.24, 2.45) is 0 Å². The van der Waals surface area contributed by atoms with Crippen molar-refractivity contribution in [3.8, 4) is 0 Å². The molecular formula is C10H7ClF3N. The second kappa shape index (κ2) is 4.54. The molecule has 0 radical (unpaired) electrons. The van der Waals surface area contributed by atoms with Crippen LogP contribution in [0.2, 0.25) is 5.02 Å². The summed E-state index contributed by atoms with van der Waals surface area (Å²) in [6.07, 6.45) is -4.11. The van der Waals surface area contributed by atoms with Gasteiger partial charge in [-0.05, 0) is 23.8 Å². The molecule has 0 fully saturated rings. The fraction of sp³-hybridized carbons (Fsp3) is 0.300. The molecule has 0 amide bonds. The first kappa shape index (κ1) is 11.9. The molecule has 0 aromatic heterocycles. The topological polar surface area (TPSA) is 4.36 Å². The Balaban J connectivity index is 3.01. The minimum Gasteiger partial charge on any atom is -0.317 e. The van der Waals surface area contributed by atoms with E-state index in [4.69, 9.17) is 18.2 Å². The summed E-state index contributed by atoms with van der Waals surface area (Å²) in [6, 6.07) is 3.35. The Bertz CT molecular complexity index is 393. The van der Waals surface area contributed by atoms with Crippen LogP contribution in [0.15, 0.2) is 18.2 Å². The van der Waals surface area contributed by atoms with Gasteiger partial charge < -0.3 is 4.85 Å². The summed E-state index contributed by atoms with van der Waals surface area (Å²) in [4.78, 5) is 3.08. The van der Waals surface area contributed by atoms with Gasteiger partial charge in [-0.15, -0.1) is 0 Å². The van der Waals surface area contributed by atoms with E-state index in [1.807, 2.05) is 0 Å². The average Bonchev–Trinajstić information content (AvgIpc) is 2.12. The minimum absolute atomic E-state index is 0.0461. The van der Waals surface area contributed by atoms with Crippen molar-refractivity contribution in [1.29, 1.82) is 0 Å². The second-order valence-electron chi connectivity index (χ2n) is 2.98. The Labute approximate surface area is 90.3 Å². The molecule has 1 aromatic rings. The first-order valence-corrected chi connectivity index (χ1v) is 4.51. The Morgan fingerprint density at radius 3 is 2.47 bits per heavy atom. The molecule has 0 spiro atoms. The van der Waals surface area contributed by atoms with E-state index in [0.717, 1.165) is 12.1 Å². The van der Waals surface area contributed by atoms with Gasteiger partial charge in [-0.1, -0.05) is 11.6 Å². The van der Waals surface area contributed by atoms with E-state index in [-0.39, 0.29) is 18.0 Å². The molecule has 0 bridgehead atoms. The minimum atomic E-state index is -4.39. The summed E-state index contributed by atoms with van der Waals surface area (Å²) < 4.78 is 37.1. The number of benzene rings is 1. The zero-order valence-corrected chi connectivity index (χ0v) is 8.36. The van der Waals surface area contributed by atoms with E-state index in [0.29, 0.717) is 5.56 Å². The first-order valence-electron chi connectivity index (χ1n) is 4.13. The maximum absolute atomic E-state index is 12.4. The predicted molar refractivity (Wildman–Crippen MR) is 51.6 cm³/mol. The van der Waals surface area contributed by atoms with Crippen molar-refractivity contribution < 1.29 is 13.2 Å². The highest BCUT2D eigenvalue weighted by molar-refractivity contribution is 6.30. The molecule has 0 aliphatic carbocycles. The van der Waals surface area contributed by atoms with Crippen LogP contribution >= 0.6 is 11.6 Å².